The second-order valence-electron chi connectivity index (χ2n) is 6.07. The number of carboxylic acids is 1. The maximum atomic E-state index is 12.6. The van der Waals surface area contributed by atoms with Crippen molar-refractivity contribution in [1.29, 1.82) is 0 Å². The van der Waals surface area contributed by atoms with E-state index in [1.807, 2.05) is 35.7 Å². The Labute approximate surface area is 145 Å². The Hall–Kier alpha value is -2.21. The quantitative estimate of drug-likeness (QED) is 0.799. The van der Waals surface area contributed by atoms with Crippen molar-refractivity contribution in [2.24, 2.45) is 0 Å². The lowest BCUT2D eigenvalue weighted by Crippen LogP contribution is -2.33. The molecular weight excluding hydrogens is 324 g/mol. The van der Waals surface area contributed by atoms with Crippen molar-refractivity contribution in [3.63, 3.8) is 0 Å². The van der Waals surface area contributed by atoms with Gasteiger partial charge in [0.1, 0.15) is 0 Å². The minimum absolute atomic E-state index is 0.0526. The van der Waals surface area contributed by atoms with Crippen molar-refractivity contribution in [1.82, 2.24) is 9.88 Å². The van der Waals surface area contributed by atoms with E-state index < -0.39 is 5.97 Å². The fraction of sp³-hybridized carbons (Fsp3) is 0.389. The highest BCUT2D eigenvalue weighted by atomic mass is 32.1. The van der Waals surface area contributed by atoms with Crippen LogP contribution in [-0.4, -0.2) is 33.4 Å². The summed E-state index contributed by atoms with van der Waals surface area (Å²) in [6.45, 7) is 0.634. The summed E-state index contributed by atoms with van der Waals surface area (Å²) in [4.78, 5) is 29.7. The van der Waals surface area contributed by atoms with E-state index in [4.69, 9.17) is 5.11 Å². The molecule has 1 heterocycles. The van der Waals surface area contributed by atoms with E-state index in [0.717, 1.165) is 16.3 Å². The highest BCUT2D eigenvalue weighted by molar-refractivity contribution is 7.09. The first-order valence-corrected chi connectivity index (χ1v) is 8.97. The van der Waals surface area contributed by atoms with Gasteiger partial charge in [0.25, 0.3) is 0 Å². The first-order valence-electron chi connectivity index (χ1n) is 8.09. The number of benzene rings is 1. The van der Waals surface area contributed by atoms with Crippen LogP contribution in [0, 0.1) is 0 Å². The molecule has 1 aromatic carbocycles. The third-order valence-corrected chi connectivity index (χ3v) is 5.05. The Balaban J connectivity index is 1.65. The number of amides is 1. The molecule has 1 aliphatic rings. The fourth-order valence-corrected chi connectivity index (χ4v) is 3.51. The van der Waals surface area contributed by atoms with Gasteiger partial charge in [-0.1, -0.05) is 30.3 Å². The number of hydrogen-bond acceptors (Lipinski definition) is 4. The van der Waals surface area contributed by atoms with Gasteiger partial charge in [0.05, 0.1) is 23.5 Å². The number of carbonyl (C=O) groups excluding carboxylic acids is 1. The monoisotopic (exact) mass is 344 g/mol. The first-order chi connectivity index (χ1) is 11.6. The van der Waals surface area contributed by atoms with Crippen LogP contribution in [0.3, 0.4) is 0 Å². The molecule has 1 fully saturated rings. The summed E-state index contributed by atoms with van der Waals surface area (Å²) in [5.74, 6) is -0.385. The largest absolute Gasteiger partial charge is 0.481 e. The van der Waals surface area contributed by atoms with E-state index in [1.54, 1.807) is 16.2 Å². The van der Waals surface area contributed by atoms with Crippen LogP contribution in [-0.2, 0) is 22.6 Å². The molecule has 0 bridgehead atoms. The molecule has 1 amide bonds. The predicted octanol–water partition coefficient (Wildman–Crippen LogP) is 3.07. The van der Waals surface area contributed by atoms with Crippen LogP contribution in [0.1, 0.15) is 41.4 Å². The molecule has 2 aromatic rings. The maximum Gasteiger partial charge on any atom is 0.305 e. The van der Waals surface area contributed by atoms with Crippen molar-refractivity contribution >= 4 is 23.2 Å². The molecule has 1 aliphatic carbocycles. The number of carbonyl (C=O) groups is 2. The van der Waals surface area contributed by atoms with E-state index >= 15 is 0 Å². The zero-order valence-electron chi connectivity index (χ0n) is 13.4. The van der Waals surface area contributed by atoms with Crippen LogP contribution in [0.5, 0.6) is 0 Å². The Morgan fingerprint density at radius 1 is 1.25 bits per heavy atom. The smallest absolute Gasteiger partial charge is 0.305 e. The summed E-state index contributed by atoms with van der Waals surface area (Å²) in [6, 6.07) is 9.63. The number of thiazole rings is 1. The fourth-order valence-electron chi connectivity index (χ4n) is 2.51. The molecule has 1 N–H and O–H groups in total. The third kappa shape index (κ3) is 4.64. The maximum absolute atomic E-state index is 12.6. The Bertz CT molecular complexity index is 710. The highest BCUT2D eigenvalue weighted by Gasteiger charge is 2.27. The molecule has 0 spiro atoms. The van der Waals surface area contributed by atoms with Gasteiger partial charge in [-0.2, -0.15) is 0 Å². The molecular formula is C18H20N2O3S. The summed E-state index contributed by atoms with van der Waals surface area (Å²) in [5, 5.41) is 12.0. The summed E-state index contributed by atoms with van der Waals surface area (Å²) < 4.78 is 0. The van der Waals surface area contributed by atoms with Crippen molar-refractivity contribution in [3.8, 4) is 0 Å². The SMILES string of the molecule is O=C(O)CCN(Cc1ccccc1)C(=O)Cc1csc(C2CC2)n1. The van der Waals surface area contributed by atoms with Gasteiger partial charge in [-0.05, 0) is 18.4 Å². The summed E-state index contributed by atoms with van der Waals surface area (Å²) in [5.41, 5.74) is 1.79. The summed E-state index contributed by atoms with van der Waals surface area (Å²) in [6.07, 6.45) is 2.57. The van der Waals surface area contributed by atoms with Crippen molar-refractivity contribution in [2.75, 3.05) is 6.54 Å². The number of aliphatic carboxylic acids is 1. The van der Waals surface area contributed by atoms with Gasteiger partial charge < -0.3 is 10.0 Å². The summed E-state index contributed by atoms with van der Waals surface area (Å²) in [7, 11) is 0. The van der Waals surface area contributed by atoms with Crippen LogP contribution < -0.4 is 0 Å². The second-order valence-corrected chi connectivity index (χ2v) is 6.96. The number of nitrogens with zero attached hydrogens (tertiary/aromatic N) is 2. The number of hydrogen-bond donors (Lipinski definition) is 1. The second kappa shape index (κ2) is 7.57. The molecule has 6 heteroatoms. The van der Waals surface area contributed by atoms with Gasteiger partial charge in [0.2, 0.25) is 5.91 Å². The zero-order chi connectivity index (χ0) is 16.9. The summed E-state index contributed by atoms with van der Waals surface area (Å²) >= 11 is 1.62. The van der Waals surface area contributed by atoms with Crippen molar-refractivity contribution < 1.29 is 14.7 Å². The Morgan fingerprint density at radius 3 is 2.67 bits per heavy atom. The van der Waals surface area contributed by atoms with Gasteiger partial charge >= 0.3 is 5.97 Å². The van der Waals surface area contributed by atoms with E-state index in [1.165, 1.54) is 12.8 Å². The van der Waals surface area contributed by atoms with Gasteiger partial charge in [-0.3, -0.25) is 9.59 Å². The number of rotatable bonds is 8. The lowest BCUT2D eigenvalue weighted by molar-refractivity contribution is -0.138. The lowest BCUT2D eigenvalue weighted by atomic mass is 10.2. The molecule has 3 rings (SSSR count). The molecule has 5 nitrogen and oxygen atoms in total. The molecule has 0 saturated heterocycles. The number of aromatic nitrogens is 1. The molecule has 1 saturated carbocycles. The topological polar surface area (TPSA) is 70.5 Å². The zero-order valence-corrected chi connectivity index (χ0v) is 14.2. The van der Waals surface area contributed by atoms with Gasteiger partial charge in [0.15, 0.2) is 0 Å². The van der Waals surface area contributed by atoms with Gasteiger partial charge in [-0.15, -0.1) is 11.3 Å². The average Bonchev–Trinajstić information content (AvgIpc) is 3.32. The third-order valence-electron chi connectivity index (χ3n) is 3.99. The van der Waals surface area contributed by atoms with E-state index in [2.05, 4.69) is 4.98 Å². The Morgan fingerprint density at radius 2 is 2.00 bits per heavy atom. The molecule has 0 aliphatic heterocycles. The van der Waals surface area contributed by atoms with Crippen LogP contribution >= 0.6 is 11.3 Å². The standard InChI is InChI=1S/C18H20N2O3S/c21-16(10-15-12-24-18(19-15)14-6-7-14)20(9-8-17(22)23)11-13-4-2-1-3-5-13/h1-5,12,14H,6-11H2,(H,22,23). The highest BCUT2D eigenvalue weighted by Crippen LogP contribution is 2.41. The van der Waals surface area contributed by atoms with Gasteiger partial charge in [0, 0.05) is 24.4 Å². The van der Waals surface area contributed by atoms with Crippen LogP contribution in [0.4, 0.5) is 0 Å². The van der Waals surface area contributed by atoms with Gasteiger partial charge in [-0.25, -0.2) is 4.98 Å². The van der Waals surface area contributed by atoms with E-state index in [0.29, 0.717) is 12.5 Å². The van der Waals surface area contributed by atoms with Crippen LogP contribution in [0.15, 0.2) is 35.7 Å². The Kier molecular flexibility index (Phi) is 5.25. The predicted molar refractivity (Wildman–Crippen MR) is 91.9 cm³/mol. The van der Waals surface area contributed by atoms with Crippen LogP contribution in [0.25, 0.3) is 0 Å². The van der Waals surface area contributed by atoms with E-state index in [9.17, 15) is 9.59 Å². The molecule has 24 heavy (non-hydrogen) atoms. The lowest BCUT2D eigenvalue weighted by Gasteiger charge is -2.22. The van der Waals surface area contributed by atoms with Crippen molar-refractivity contribution in [3.05, 3.63) is 52.0 Å². The number of carboxylic acid groups (broad SMARTS) is 1. The normalized spacial score (nSPS) is 13.7. The molecule has 0 atom stereocenters. The van der Waals surface area contributed by atoms with Crippen LogP contribution in [0.2, 0.25) is 0 Å². The molecule has 0 unspecified atom stereocenters. The molecule has 0 radical (unpaired) electrons. The minimum atomic E-state index is -0.898. The van der Waals surface area contributed by atoms with E-state index in [-0.39, 0.29) is 25.3 Å². The minimum Gasteiger partial charge on any atom is -0.481 e. The molecule has 1 aromatic heterocycles. The van der Waals surface area contributed by atoms with Crippen molar-refractivity contribution in [2.45, 2.75) is 38.1 Å². The average molecular weight is 344 g/mol. The molecule has 126 valence electrons. The first kappa shape index (κ1) is 16.6.